The van der Waals surface area contributed by atoms with Gasteiger partial charge in [0, 0.05) is 18.3 Å². The second kappa shape index (κ2) is 5.17. The van der Waals surface area contributed by atoms with E-state index >= 15 is 0 Å². The minimum absolute atomic E-state index is 0.315. The maximum Gasteiger partial charge on any atom is 0.171 e. The lowest BCUT2D eigenvalue weighted by atomic mass is 9.53. The van der Waals surface area contributed by atoms with Gasteiger partial charge >= 0.3 is 0 Å². The van der Waals surface area contributed by atoms with E-state index in [1.165, 1.54) is 25.7 Å². The van der Waals surface area contributed by atoms with Gasteiger partial charge in [0.2, 0.25) is 0 Å². The summed E-state index contributed by atoms with van der Waals surface area (Å²) in [5.41, 5.74) is 0.422. The second-order valence-electron chi connectivity index (χ2n) is 8.24. The van der Waals surface area contributed by atoms with Gasteiger partial charge < -0.3 is 18.9 Å². The van der Waals surface area contributed by atoms with Crippen molar-refractivity contribution in [2.45, 2.75) is 64.4 Å². The molecule has 126 valence electrons. The SMILES string of the molecule is C[C@@H]1[C@H]2C[C@H](C3(C)OCCO3)CC[C@]2(C)CCC12OCCO2. The highest BCUT2D eigenvalue weighted by atomic mass is 16.7. The zero-order chi connectivity index (χ0) is 15.4. The maximum atomic E-state index is 6.09. The Morgan fingerprint density at radius 3 is 2.14 bits per heavy atom. The molecule has 4 rings (SSSR count). The Hall–Kier alpha value is -0.160. The minimum atomic E-state index is -0.372. The summed E-state index contributed by atoms with van der Waals surface area (Å²) in [6, 6.07) is 0. The summed E-state index contributed by atoms with van der Waals surface area (Å²) in [4.78, 5) is 0. The van der Waals surface area contributed by atoms with Gasteiger partial charge in [0.15, 0.2) is 11.6 Å². The number of hydrogen-bond donors (Lipinski definition) is 0. The second-order valence-corrected chi connectivity index (χ2v) is 8.24. The Morgan fingerprint density at radius 2 is 1.45 bits per heavy atom. The van der Waals surface area contributed by atoms with Crippen molar-refractivity contribution in [3.8, 4) is 0 Å². The molecule has 0 aromatic rings. The molecule has 2 saturated heterocycles. The molecular formula is C18H30O4. The molecule has 0 unspecified atom stereocenters. The van der Waals surface area contributed by atoms with Crippen LogP contribution in [0, 0.1) is 23.2 Å². The van der Waals surface area contributed by atoms with E-state index in [1.807, 2.05) is 0 Å². The summed E-state index contributed by atoms with van der Waals surface area (Å²) in [6.07, 6.45) is 5.92. The van der Waals surface area contributed by atoms with Crippen molar-refractivity contribution in [1.82, 2.24) is 0 Å². The highest BCUT2D eigenvalue weighted by Crippen LogP contribution is 2.59. The molecule has 2 aliphatic carbocycles. The van der Waals surface area contributed by atoms with E-state index in [0.29, 0.717) is 23.2 Å². The molecule has 0 amide bonds. The van der Waals surface area contributed by atoms with Gasteiger partial charge in [0.05, 0.1) is 26.4 Å². The third-order valence-corrected chi connectivity index (χ3v) is 7.22. The van der Waals surface area contributed by atoms with Gasteiger partial charge in [-0.15, -0.1) is 0 Å². The molecule has 22 heavy (non-hydrogen) atoms. The summed E-state index contributed by atoms with van der Waals surface area (Å²) in [7, 11) is 0. The van der Waals surface area contributed by atoms with Crippen LogP contribution in [0.4, 0.5) is 0 Å². The van der Waals surface area contributed by atoms with Crippen molar-refractivity contribution >= 4 is 0 Å². The molecule has 4 fully saturated rings. The van der Waals surface area contributed by atoms with Crippen LogP contribution in [0.15, 0.2) is 0 Å². The third-order valence-electron chi connectivity index (χ3n) is 7.22. The first-order valence-electron chi connectivity index (χ1n) is 9.03. The fourth-order valence-electron chi connectivity index (χ4n) is 5.63. The Bertz CT molecular complexity index is 425. The van der Waals surface area contributed by atoms with Crippen LogP contribution in [-0.2, 0) is 18.9 Å². The third kappa shape index (κ3) is 2.18. The topological polar surface area (TPSA) is 36.9 Å². The van der Waals surface area contributed by atoms with E-state index in [-0.39, 0.29) is 11.6 Å². The molecule has 2 aliphatic heterocycles. The summed E-state index contributed by atoms with van der Waals surface area (Å²) in [5, 5.41) is 0. The summed E-state index contributed by atoms with van der Waals surface area (Å²) in [6.45, 7) is 9.93. The average molecular weight is 310 g/mol. The Kier molecular flexibility index (Phi) is 3.61. The van der Waals surface area contributed by atoms with Gasteiger partial charge in [-0.05, 0) is 43.9 Å². The van der Waals surface area contributed by atoms with Gasteiger partial charge in [-0.1, -0.05) is 13.8 Å². The Labute approximate surface area is 133 Å². The fraction of sp³-hybridized carbons (Fsp3) is 1.00. The average Bonchev–Trinajstić information content (AvgIpc) is 3.15. The Balaban J connectivity index is 1.56. The largest absolute Gasteiger partial charge is 0.348 e. The molecule has 0 aromatic heterocycles. The molecule has 4 nitrogen and oxygen atoms in total. The number of fused-ring (bicyclic) bond motifs is 1. The van der Waals surface area contributed by atoms with Crippen LogP contribution in [0.1, 0.15) is 52.9 Å². The predicted molar refractivity (Wildman–Crippen MR) is 82.3 cm³/mol. The van der Waals surface area contributed by atoms with Gasteiger partial charge in [-0.25, -0.2) is 0 Å². The molecule has 4 heteroatoms. The first-order chi connectivity index (χ1) is 10.5. The molecule has 1 spiro atoms. The normalized spacial score (nSPS) is 46.8. The van der Waals surface area contributed by atoms with Gasteiger partial charge in [0.1, 0.15) is 0 Å². The number of hydrogen-bond acceptors (Lipinski definition) is 4. The Morgan fingerprint density at radius 1 is 0.818 bits per heavy atom. The molecule has 2 heterocycles. The first-order valence-corrected chi connectivity index (χ1v) is 9.03. The van der Waals surface area contributed by atoms with Gasteiger partial charge in [-0.3, -0.25) is 0 Å². The van der Waals surface area contributed by atoms with Crippen LogP contribution >= 0.6 is 0 Å². The molecule has 0 radical (unpaired) electrons. The van der Waals surface area contributed by atoms with E-state index < -0.39 is 0 Å². The van der Waals surface area contributed by atoms with E-state index in [1.54, 1.807) is 0 Å². The quantitative estimate of drug-likeness (QED) is 0.744. The summed E-state index contributed by atoms with van der Waals surface area (Å²) in [5.74, 6) is 0.879. The number of ether oxygens (including phenoxy) is 4. The zero-order valence-electron chi connectivity index (χ0n) is 14.2. The van der Waals surface area contributed by atoms with Gasteiger partial charge in [0.25, 0.3) is 0 Å². The first kappa shape index (κ1) is 15.4. The molecule has 4 aliphatic rings. The van der Waals surface area contributed by atoms with Crippen molar-refractivity contribution in [3.63, 3.8) is 0 Å². The van der Waals surface area contributed by atoms with Crippen molar-refractivity contribution in [3.05, 3.63) is 0 Å². The maximum absolute atomic E-state index is 6.09. The van der Waals surface area contributed by atoms with Crippen LogP contribution in [0.3, 0.4) is 0 Å². The van der Waals surface area contributed by atoms with Crippen molar-refractivity contribution < 1.29 is 18.9 Å². The molecule has 4 atom stereocenters. The predicted octanol–water partition coefficient (Wildman–Crippen LogP) is 3.35. The van der Waals surface area contributed by atoms with Crippen molar-refractivity contribution in [2.75, 3.05) is 26.4 Å². The van der Waals surface area contributed by atoms with Crippen LogP contribution in [0.5, 0.6) is 0 Å². The lowest BCUT2D eigenvalue weighted by molar-refractivity contribution is -0.262. The summed E-state index contributed by atoms with van der Waals surface area (Å²) < 4.78 is 24.1. The van der Waals surface area contributed by atoms with Crippen molar-refractivity contribution in [2.24, 2.45) is 23.2 Å². The van der Waals surface area contributed by atoms with Crippen LogP contribution in [0.25, 0.3) is 0 Å². The molecule has 0 bridgehead atoms. The van der Waals surface area contributed by atoms with Crippen LogP contribution in [0.2, 0.25) is 0 Å². The fourth-order valence-corrected chi connectivity index (χ4v) is 5.63. The lowest BCUT2D eigenvalue weighted by Crippen LogP contribution is -2.55. The highest BCUT2D eigenvalue weighted by molar-refractivity contribution is 5.03. The van der Waals surface area contributed by atoms with E-state index in [9.17, 15) is 0 Å². The molecular weight excluding hydrogens is 280 g/mol. The molecule has 0 aromatic carbocycles. The minimum Gasteiger partial charge on any atom is -0.348 e. The molecule has 2 saturated carbocycles. The van der Waals surface area contributed by atoms with Crippen LogP contribution < -0.4 is 0 Å². The zero-order valence-corrected chi connectivity index (χ0v) is 14.2. The highest BCUT2D eigenvalue weighted by Gasteiger charge is 2.58. The van der Waals surface area contributed by atoms with E-state index in [4.69, 9.17) is 18.9 Å². The summed E-state index contributed by atoms with van der Waals surface area (Å²) >= 11 is 0. The monoisotopic (exact) mass is 310 g/mol. The molecule has 0 N–H and O–H groups in total. The number of rotatable bonds is 1. The van der Waals surface area contributed by atoms with E-state index in [0.717, 1.165) is 32.8 Å². The standard InChI is InChI=1S/C18H30O4/c1-13-15-12-14(17(3)19-8-9-20-17)4-5-16(15,2)6-7-18(13)21-10-11-22-18/h13-15H,4-12H2,1-3H3/t13-,14-,15-,16-/m1/s1. The van der Waals surface area contributed by atoms with Gasteiger partial charge in [-0.2, -0.15) is 0 Å². The van der Waals surface area contributed by atoms with Crippen molar-refractivity contribution in [1.29, 1.82) is 0 Å². The van der Waals surface area contributed by atoms with E-state index in [2.05, 4.69) is 20.8 Å². The lowest BCUT2D eigenvalue weighted by Gasteiger charge is -2.56. The van der Waals surface area contributed by atoms with Crippen LogP contribution in [-0.4, -0.2) is 38.0 Å². The smallest absolute Gasteiger partial charge is 0.171 e.